The highest BCUT2D eigenvalue weighted by atomic mass is 32.2. The van der Waals surface area contributed by atoms with Crippen LogP contribution in [0.15, 0.2) is 42.6 Å². The van der Waals surface area contributed by atoms with Crippen molar-refractivity contribution in [2.45, 2.75) is 13.5 Å². The van der Waals surface area contributed by atoms with Gasteiger partial charge in [-0.1, -0.05) is 18.2 Å². The molecular formula is C14H17N3O2S. The van der Waals surface area contributed by atoms with E-state index in [-0.39, 0.29) is 0 Å². The Morgan fingerprint density at radius 3 is 2.40 bits per heavy atom. The number of anilines is 2. The first-order valence-corrected chi connectivity index (χ1v) is 8.05. The Kier molecular flexibility index (Phi) is 4.24. The highest BCUT2D eigenvalue weighted by molar-refractivity contribution is 7.92. The van der Waals surface area contributed by atoms with E-state index in [4.69, 9.17) is 0 Å². The molecule has 0 atom stereocenters. The van der Waals surface area contributed by atoms with Crippen molar-refractivity contribution < 1.29 is 8.42 Å². The molecule has 0 aliphatic heterocycles. The number of nitrogens with one attached hydrogen (secondary N) is 2. The van der Waals surface area contributed by atoms with Crippen LogP contribution < -0.4 is 10.0 Å². The van der Waals surface area contributed by atoms with Crippen molar-refractivity contribution in [3.63, 3.8) is 0 Å². The number of benzene rings is 1. The van der Waals surface area contributed by atoms with Crippen LogP contribution in [-0.4, -0.2) is 19.7 Å². The maximum Gasteiger partial charge on any atom is 0.229 e. The molecule has 2 rings (SSSR count). The van der Waals surface area contributed by atoms with E-state index in [0.29, 0.717) is 12.2 Å². The number of nitrogens with zero attached hydrogens (tertiary/aromatic N) is 1. The van der Waals surface area contributed by atoms with E-state index in [1.54, 1.807) is 18.3 Å². The van der Waals surface area contributed by atoms with Gasteiger partial charge in [0.2, 0.25) is 10.0 Å². The molecule has 2 aromatic rings. The van der Waals surface area contributed by atoms with Crippen LogP contribution >= 0.6 is 0 Å². The second-order valence-corrected chi connectivity index (χ2v) is 6.35. The minimum Gasteiger partial charge on any atom is -0.378 e. The zero-order valence-electron chi connectivity index (χ0n) is 11.4. The normalized spacial score (nSPS) is 11.1. The largest absolute Gasteiger partial charge is 0.378 e. The molecular weight excluding hydrogens is 274 g/mol. The molecule has 0 bridgehead atoms. The minimum absolute atomic E-state index is 0.530. The molecule has 0 aliphatic carbocycles. The van der Waals surface area contributed by atoms with Crippen molar-refractivity contribution >= 4 is 21.4 Å². The summed E-state index contributed by atoms with van der Waals surface area (Å²) in [7, 11) is -3.29. The zero-order valence-corrected chi connectivity index (χ0v) is 12.2. The Hall–Kier alpha value is -2.08. The smallest absolute Gasteiger partial charge is 0.229 e. The molecule has 1 aromatic carbocycles. The number of para-hydroxylation sites is 2. The Balaban J connectivity index is 2.11. The topological polar surface area (TPSA) is 71.1 Å². The van der Waals surface area contributed by atoms with E-state index in [0.717, 1.165) is 23.2 Å². The molecule has 20 heavy (non-hydrogen) atoms. The summed E-state index contributed by atoms with van der Waals surface area (Å²) < 4.78 is 25.1. The lowest BCUT2D eigenvalue weighted by Gasteiger charge is -2.12. The van der Waals surface area contributed by atoms with Gasteiger partial charge in [0.05, 0.1) is 29.9 Å². The van der Waals surface area contributed by atoms with Crippen LogP contribution in [0, 0.1) is 6.92 Å². The summed E-state index contributed by atoms with van der Waals surface area (Å²) in [5.74, 6) is 0. The van der Waals surface area contributed by atoms with Crippen molar-refractivity contribution in [2.75, 3.05) is 16.3 Å². The highest BCUT2D eigenvalue weighted by Gasteiger charge is 2.06. The van der Waals surface area contributed by atoms with Gasteiger partial charge < -0.3 is 5.32 Å². The first kappa shape index (κ1) is 14.3. The van der Waals surface area contributed by atoms with Crippen molar-refractivity contribution in [3.05, 3.63) is 53.9 Å². The molecule has 1 aromatic heterocycles. The summed E-state index contributed by atoms with van der Waals surface area (Å²) in [6, 6.07) is 11.1. The second-order valence-electron chi connectivity index (χ2n) is 4.60. The monoisotopic (exact) mass is 291 g/mol. The molecule has 1 heterocycles. The summed E-state index contributed by atoms with van der Waals surface area (Å²) in [6.45, 7) is 2.51. The van der Waals surface area contributed by atoms with E-state index in [2.05, 4.69) is 15.0 Å². The average Bonchev–Trinajstić information content (AvgIpc) is 2.38. The van der Waals surface area contributed by atoms with Gasteiger partial charge in [0.25, 0.3) is 0 Å². The van der Waals surface area contributed by atoms with Crippen LogP contribution in [-0.2, 0) is 16.6 Å². The van der Waals surface area contributed by atoms with Crippen molar-refractivity contribution in [1.29, 1.82) is 0 Å². The maximum absolute atomic E-state index is 11.3. The maximum atomic E-state index is 11.3. The molecule has 0 radical (unpaired) electrons. The third-order valence-corrected chi connectivity index (χ3v) is 3.25. The molecule has 0 aliphatic rings. The van der Waals surface area contributed by atoms with Gasteiger partial charge in [-0.2, -0.15) is 0 Å². The summed E-state index contributed by atoms with van der Waals surface area (Å²) in [5.41, 5.74) is 3.25. The van der Waals surface area contributed by atoms with Crippen LogP contribution in [0.5, 0.6) is 0 Å². The number of pyridine rings is 1. The standard InChI is InChI=1S/C14H17N3O2S/c1-11-7-8-12(15-9-11)10-16-13-5-3-4-6-14(13)17-20(2,18)19/h3-9,16-17H,10H2,1-2H3. The van der Waals surface area contributed by atoms with Crippen LogP contribution in [0.4, 0.5) is 11.4 Å². The molecule has 0 amide bonds. The van der Waals surface area contributed by atoms with Crippen LogP contribution in [0.2, 0.25) is 0 Å². The van der Waals surface area contributed by atoms with Crippen molar-refractivity contribution in [1.82, 2.24) is 4.98 Å². The molecule has 2 N–H and O–H groups in total. The lowest BCUT2D eigenvalue weighted by atomic mass is 10.2. The Morgan fingerprint density at radius 1 is 1.10 bits per heavy atom. The number of sulfonamides is 1. The fraction of sp³-hybridized carbons (Fsp3) is 0.214. The molecule has 0 fully saturated rings. The third-order valence-electron chi connectivity index (χ3n) is 2.65. The molecule has 0 unspecified atom stereocenters. The molecule has 0 saturated heterocycles. The quantitative estimate of drug-likeness (QED) is 0.887. The highest BCUT2D eigenvalue weighted by Crippen LogP contribution is 2.22. The second kappa shape index (κ2) is 5.92. The van der Waals surface area contributed by atoms with E-state index in [1.807, 2.05) is 31.2 Å². The predicted octanol–water partition coefficient (Wildman–Crippen LogP) is 2.37. The summed E-state index contributed by atoms with van der Waals surface area (Å²) in [4.78, 5) is 4.30. The van der Waals surface area contributed by atoms with Gasteiger partial charge in [0.15, 0.2) is 0 Å². The lowest BCUT2D eigenvalue weighted by molar-refractivity contribution is 0.607. The van der Waals surface area contributed by atoms with Gasteiger partial charge in [0.1, 0.15) is 0 Å². The van der Waals surface area contributed by atoms with Gasteiger partial charge in [-0.25, -0.2) is 8.42 Å². The van der Waals surface area contributed by atoms with Gasteiger partial charge in [-0.05, 0) is 30.7 Å². The van der Waals surface area contributed by atoms with Gasteiger partial charge in [0, 0.05) is 6.20 Å². The Morgan fingerprint density at radius 2 is 1.80 bits per heavy atom. The number of hydrogen-bond acceptors (Lipinski definition) is 4. The fourth-order valence-electron chi connectivity index (χ4n) is 1.71. The molecule has 0 spiro atoms. The van der Waals surface area contributed by atoms with Gasteiger partial charge in [-0.3, -0.25) is 9.71 Å². The predicted molar refractivity (Wildman–Crippen MR) is 81.2 cm³/mol. The molecule has 5 nitrogen and oxygen atoms in total. The molecule has 0 saturated carbocycles. The zero-order chi connectivity index (χ0) is 14.6. The number of hydrogen-bond donors (Lipinski definition) is 2. The average molecular weight is 291 g/mol. The van der Waals surface area contributed by atoms with Gasteiger partial charge in [-0.15, -0.1) is 0 Å². The van der Waals surface area contributed by atoms with E-state index in [9.17, 15) is 8.42 Å². The van der Waals surface area contributed by atoms with E-state index < -0.39 is 10.0 Å². The minimum atomic E-state index is -3.29. The first-order valence-electron chi connectivity index (χ1n) is 6.16. The van der Waals surface area contributed by atoms with E-state index in [1.165, 1.54) is 0 Å². The number of rotatable bonds is 5. The van der Waals surface area contributed by atoms with Crippen molar-refractivity contribution in [3.8, 4) is 0 Å². The lowest BCUT2D eigenvalue weighted by Crippen LogP contribution is -2.12. The van der Waals surface area contributed by atoms with Crippen LogP contribution in [0.3, 0.4) is 0 Å². The van der Waals surface area contributed by atoms with Crippen LogP contribution in [0.25, 0.3) is 0 Å². The fourth-order valence-corrected chi connectivity index (χ4v) is 2.29. The molecule has 106 valence electrons. The van der Waals surface area contributed by atoms with Gasteiger partial charge >= 0.3 is 0 Å². The Bertz CT molecular complexity index is 682. The van der Waals surface area contributed by atoms with Crippen molar-refractivity contribution in [2.24, 2.45) is 0 Å². The number of aromatic nitrogens is 1. The SMILES string of the molecule is Cc1ccc(CNc2ccccc2NS(C)(=O)=O)nc1. The third kappa shape index (κ3) is 4.24. The summed E-state index contributed by atoms with van der Waals surface area (Å²) in [6.07, 6.45) is 2.93. The molecule has 6 heteroatoms. The van der Waals surface area contributed by atoms with Crippen LogP contribution in [0.1, 0.15) is 11.3 Å². The summed E-state index contributed by atoms with van der Waals surface area (Å²) >= 11 is 0. The summed E-state index contributed by atoms with van der Waals surface area (Å²) in [5, 5.41) is 3.18. The van der Waals surface area contributed by atoms with E-state index >= 15 is 0 Å². The Labute approximate surface area is 119 Å². The first-order chi connectivity index (χ1) is 9.44. The number of aryl methyl sites for hydroxylation is 1.